The molecule has 3 aliphatic heterocycles. The number of nitrogens with zero attached hydrogens (tertiary/aromatic N) is 7. The van der Waals surface area contributed by atoms with Crippen LogP contribution in [0.3, 0.4) is 0 Å². The quantitative estimate of drug-likeness (QED) is 0.485. The molecule has 2 bridgehead atoms. The molecule has 1 unspecified atom stereocenters. The molecule has 1 aromatic carbocycles. The Hall–Kier alpha value is -3.40. The number of ether oxygens (including phenoxy) is 1. The summed E-state index contributed by atoms with van der Waals surface area (Å²) in [6.07, 6.45) is 3.88. The number of halogens is 1. The zero-order valence-corrected chi connectivity index (χ0v) is 22.5. The molecule has 3 aliphatic rings. The lowest BCUT2D eigenvalue weighted by Gasteiger charge is -2.35. The molecule has 1 amide bonds. The number of rotatable bonds is 1. The Labute approximate surface area is 222 Å². The van der Waals surface area contributed by atoms with Crippen molar-refractivity contribution < 1.29 is 13.9 Å². The smallest absolute Gasteiger partial charge is 0.258 e. The second-order valence-corrected chi connectivity index (χ2v) is 10.8. The fourth-order valence-corrected chi connectivity index (χ4v) is 5.67. The molecule has 38 heavy (non-hydrogen) atoms. The minimum atomic E-state index is -0.444. The summed E-state index contributed by atoms with van der Waals surface area (Å²) in [6.45, 7) is 7.39. The Morgan fingerprint density at radius 2 is 1.84 bits per heavy atom. The van der Waals surface area contributed by atoms with Gasteiger partial charge in [0.25, 0.3) is 5.91 Å². The van der Waals surface area contributed by atoms with E-state index in [1.807, 2.05) is 9.42 Å². The van der Waals surface area contributed by atoms with Gasteiger partial charge < -0.3 is 24.3 Å². The van der Waals surface area contributed by atoms with Gasteiger partial charge in [-0.25, -0.2) is 9.37 Å². The molecule has 202 valence electrons. The van der Waals surface area contributed by atoms with Crippen molar-refractivity contribution in [3.05, 3.63) is 46.9 Å². The van der Waals surface area contributed by atoms with E-state index in [-0.39, 0.29) is 17.5 Å². The molecule has 0 spiro atoms. The van der Waals surface area contributed by atoms with Crippen LogP contribution >= 0.6 is 0 Å². The third-order valence-corrected chi connectivity index (χ3v) is 8.19. The van der Waals surface area contributed by atoms with E-state index in [4.69, 9.17) is 14.8 Å². The van der Waals surface area contributed by atoms with E-state index in [2.05, 4.69) is 41.8 Å². The van der Waals surface area contributed by atoms with Gasteiger partial charge in [-0.05, 0) is 57.9 Å². The van der Waals surface area contributed by atoms with E-state index in [0.29, 0.717) is 25.4 Å². The Morgan fingerprint density at radius 1 is 1.00 bits per heavy atom. The zero-order valence-electron chi connectivity index (χ0n) is 22.5. The van der Waals surface area contributed by atoms with Crippen molar-refractivity contribution in [2.45, 2.75) is 38.6 Å². The maximum atomic E-state index is 14.4. The number of hydrogen-bond donors (Lipinski definition) is 0. The average molecular weight is 522 g/mol. The van der Waals surface area contributed by atoms with Crippen molar-refractivity contribution in [1.29, 1.82) is 0 Å². The summed E-state index contributed by atoms with van der Waals surface area (Å²) in [5, 5.41) is 5.11. The van der Waals surface area contributed by atoms with Crippen molar-refractivity contribution in [2.75, 3.05) is 69.8 Å². The Balaban J connectivity index is 1.50. The largest absolute Gasteiger partial charge is 0.491 e. The maximum absolute atomic E-state index is 14.4. The molecule has 9 nitrogen and oxygen atoms in total. The van der Waals surface area contributed by atoms with Crippen molar-refractivity contribution in [2.24, 2.45) is 0 Å². The van der Waals surface area contributed by atoms with Crippen LogP contribution < -0.4 is 14.5 Å². The summed E-state index contributed by atoms with van der Waals surface area (Å²) in [5.74, 6) is 1.73. The van der Waals surface area contributed by atoms with E-state index < -0.39 is 5.82 Å². The molecule has 0 N–H and O–H groups in total. The van der Waals surface area contributed by atoms with Gasteiger partial charge in [0, 0.05) is 57.9 Å². The molecule has 0 aliphatic carbocycles. The molecule has 10 heteroatoms. The van der Waals surface area contributed by atoms with Gasteiger partial charge in [0.2, 0.25) is 0 Å². The van der Waals surface area contributed by atoms with Crippen LogP contribution in [0.25, 0.3) is 5.65 Å². The van der Waals surface area contributed by atoms with Crippen LogP contribution in [0.15, 0.2) is 24.3 Å². The van der Waals surface area contributed by atoms with Gasteiger partial charge in [0.05, 0.1) is 17.3 Å². The van der Waals surface area contributed by atoms with Crippen LogP contribution in [0.1, 0.15) is 53.3 Å². The van der Waals surface area contributed by atoms with E-state index in [1.54, 1.807) is 6.07 Å². The van der Waals surface area contributed by atoms with Gasteiger partial charge in [-0.15, -0.1) is 0 Å². The molecule has 2 fully saturated rings. The van der Waals surface area contributed by atoms with E-state index in [0.717, 1.165) is 74.0 Å². The summed E-state index contributed by atoms with van der Waals surface area (Å²) in [5.41, 5.74) is 2.95. The van der Waals surface area contributed by atoms with Gasteiger partial charge in [-0.1, -0.05) is 0 Å². The number of piperidine rings is 1. The number of fused-ring (bicyclic) bond motifs is 4. The monoisotopic (exact) mass is 521 g/mol. The lowest BCUT2D eigenvalue weighted by Crippen LogP contribution is -2.39. The maximum Gasteiger partial charge on any atom is 0.258 e. The van der Waals surface area contributed by atoms with Gasteiger partial charge in [0.1, 0.15) is 29.8 Å². The van der Waals surface area contributed by atoms with Gasteiger partial charge in [0.15, 0.2) is 5.65 Å². The fraction of sp³-hybridized carbons (Fsp3) is 0.536. The number of benzene rings is 1. The minimum absolute atomic E-state index is 0.210. The van der Waals surface area contributed by atoms with Crippen molar-refractivity contribution >= 4 is 23.2 Å². The average Bonchev–Trinajstić information content (AvgIpc) is 3.22. The fourth-order valence-electron chi connectivity index (χ4n) is 5.67. The van der Waals surface area contributed by atoms with Crippen LogP contribution in [0.2, 0.25) is 0 Å². The molecular weight excluding hydrogens is 485 g/mol. The number of aryl methyl sites for hydroxylation is 1. The van der Waals surface area contributed by atoms with Crippen LogP contribution in [0.4, 0.5) is 16.0 Å². The number of amides is 1. The van der Waals surface area contributed by atoms with Crippen molar-refractivity contribution in [1.82, 2.24) is 24.4 Å². The second-order valence-electron chi connectivity index (χ2n) is 10.8. The highest BCUT2D eigenvalue weighted by atomic mass is 19.1. The number of carbonyl (C=O) groups excluding carboxylic acids is 1. The summed E-state index contributed by atoms with van der Waals surface area (Å²) in [6, 6.07) is 6.16. The third kappa shape index (κ3) is 4.44. The first-order valence-electron chi connectivity index (χ1n) is 13.7. The summed E-state index contributed by atoms with van der Waals surface area (Å²) in [4.78, 5) is 27.6. The Morgan fingerprint density at radius 3 is 2.63 bits per heavy atom. The molecule has 0 saturated carbocycles. The zero-order chi connectivity index (χ0) is 26.4. The molecule has 6 rings (SSSR count). The van der Waals surface area contributed by atoms with E-state index in [1.165, 1.54) is 18.6 Å². The predicted molar refractivity (Wildman–Crippen MR) is 145 cm³/mol. The summed E-state index contributed by atoms with van der Waals surface area (Å²) >= 11 is 0. The highest BCUT2D eigenvalue weighted by molar-refractivity contribution is 5.97. The molecule has 2 aromatic heterocycles. The van der Waals surface area contributed by atoms with E-state index in [9.17, 15) is 9.18 Å². The lowest BCUT2D eigenvalue weighted by atomic mass is 9.96. The highest BCUT2D eigenvalue weighted by Crippen LogP contribution is 2.37. The molecule has 5 heterocycles. The molecule has 3 aromatic rings. The van der Waals surface area contributed by atoms with Gasteiger partial charge in [-0.2, -0.15) is 9.61 Å². The standard InChI is InChI=1S/C28H36FN7O2/c1-19-26-22-7-4-5-12-35(22)28(37)21-17-20(29)8-9-23(21)38-16-15-32(2)13-14-33(3)25-18-24(34-10-6-11-34)30-27(19)36(25)31-26/h8-9,17-18,22H,4-7,10-16H2,1-3H3. The lowest BCUT2D eigenvalue weighted by molar-refractivity contribution is 0.0599. The first-order chi connectivity index (χ1) is 18.4. The first-order valence-corrected chi connectivity index (χ1v) is 13.7. The SMILES string of the molecule is Cc1c2nn3c(cc(N4CCC4)nc13)N(C)CCN(C)CCOc1ccc(F)cc1C(=O)N1CCCCC21. The number of carbonyl (C=O) groups is 1. The minimum Gasteiger partial charge on any atom is -0.491 e. The van der Waals surface area contributed by atoms with Crippen LogP contribution in [-0.4, -0.2) is 90.3 Å². The van der Waals surface area contributed by atoms with Crippen LogP contribution in [0, 0.1) is 12.7 Å². The predicted octanol–water partition coefficient (Wildman–Crippen LogP) is 3.51. The van der Waals surface area contributed by atoms with Gasteiger partial charge in [-0.3, -0.25) is 4.79 Å². The summed E-state index contributed by atoms with van der Waals surface area (Å²) < 4.78 is 22.4. The highest BCUT2D eigenvalue weighted by Gasteiger charge is 2.34. The second kappa shape index (κ2) is 10.1. The van der Waals surface area contributed by atoms with Crippen molar-refractivity contribution in [3.63, 3.8) is 0 Å². The van der Waals surface area contributed by atoms with Crippen LogP contribution in [-0.2, 0) is 0 Å². The normalized spacial score (nSPS) is 21.3. The van der Waals surface area contributed by atoms with Gasteiger partial charge >= 0.3 is 0 Å². The number of likely N-dealkylation sites (N-methyl/N-ethyl adjacent to an activating group) is 2. The molecule has 2 saturated heterocycles. The number of anilines is 2. The van der Waals surface area contributed by atoms with Crippen molar-refractivity contribution in [3.8, 4) is 5.75 Å². The Bertz CT molecular complexity index is 1350. The molecular formula is C28H36FN7O2. The Kier molecular flexibility index (Phi) is 6.59. The number of aromatic nitrogens is 3. The van der Waals surface area contributed by atoms with E-state index >= 15 is 0 Å². The first kappa shape index (κ1) is 24.9. The third-order valence-electron chi connectivity index (χ3n) is 8.19. The number of hydrogen-bond acceptors (Lipinski definition) is 7. The summed E-state index contributed by atoms with van der Waals surface area (Å²) in [7, 11) is 4.15. The molecule has 0 radical (unpaired) electrons. The topological polar surface area (TPSA) is 69.5 Å². The van der Waals surface area contributed by atoms with Crippen LogP contribution in [0.5, 0.6) is 5.75 Å². The molecule has 1 atom stereocenters.